The summed E-state index contributed by atoms with van der Waals surface area (Å²) in [6.45, 7) is 4.30. The van der Waals surface area contributed by atoms with Crippen LogP contribution in [0, 0.1) is 6.92 Å². The van der Waals surface area contributed by atoms with Crippen molar-refractivity contribution in [3.8, 4) is 5.75 Å². The van der Waals surface area contributed by atoms with Crippen LogP contribution in [0.15, 0.2) is 24.4 Å². The third-order valence-electron chi connectivity index (χ3n) is 2.73. The lowest BCUT2D eigenvalue weighted by Crippen LogP contribution is -2.15. The van der Waals surface area contributed by atoms with Crippen LogP contribution in [0.25, 0.3) is 0 Å². The number of carbonyl (C=O) groups is 1. The number of amides is 1. The van der Waals surface area contributed by atoms with Gasteiger partial charge in [0.1, 0.15) is 10.8 Å². The van der Waals surface area contributed by atoms with Gasteiger partial charge in [0.05, 0.1) is 18.4 Å². The average molecular weight is 291 g/mol. The van der Waals surface area contributed by atoms with Crippen LogP contribution in [0.1, 0.15) is 22.8 Å². The van der Waals surface area contributed by atoms with Crippen LogP contribution < -0.4 is 15.4 Å². The smallest absolute Gasteiger partial charge is 0.261 e. The van der Waals surface area contributed by atoms with Crippen molar-refractivity contribution in [1.29, 1.82) is 0 Å². The molecule has 1 heterocycles. The van der Waals surface area contributed by atoms with E-state index >= 15 is 0 Å². The number of rotatable bonds is 5. The fraction of sp³-hybridized carbons (Fsp3) is 0.286. The van der Waals surface area contributed by atoms with Gasteiger partial charge in [0.15, 0.2) is 5.13 Å². The SMILES string of the molecule is CCOc1cccc(C)c1C(=O)Nc1ncc(NC)s1. The Hall–Kier alpha value is -2.08. The van der Waals surface area contributed by atoms with Gasteiger partial charge >= 0.3 is 0 Å². The maximum Gasteiger partial charge on any atom is 0.261 e. The highest BCUT2D eigenvalue weighted by Gasteiger charge is 2.16. The highest BCUT2D eigenvalue weighted by atomic mass is 32.1. The van der Waals surface area contributed by atoms with Crippen LogP contribution in [-0.2, 0) is 0 Å². The van der Waals surface area contributed by atoms with Crippen molar-refractivity contribution in [3.05, 3.63) is 35.5 Å². The van der Waals surface area contributed by atoms with Crippen LogP contribution in [0.2, 0.25) is 0 Å². The maximum atomic E-state index is 12.4. The first-order valence-electron chi connectivity index (χ1n) is 6.33. The summed E-state index contributed by atoms with van der Waals surface area (Å²) in [7, 11) is 1.81. The fourth-order valence-electron chi connectivity index (χ4n) is 1.81. The van der Waals surface area contributed by atoms with E-state index in [2.05, 4.69) is 15.6 Å². The van der Waals surface area contributed by atoms with Gasteiger partial charge in [-0.15, -0.1) is 0 Å². The molecule has 2 aromatic rings. The fourth-order valence-corrected chi connectivity index (χ4v) is 2.48. The molecule has 0 saturated carbocycles. The first-order chi connectivity index (χ1) is 9.65. The van der Waals surface area contributed by atoms with E-state index in [0.717, 1.165) is 10.6 Å². The molecule has 0 saturated heterocycles. The number of ether oxygens (including phenoxy) is 1. The van der Waals surface area contributed by atoms with E-state index in [0.29, 0.717) is 23.1 Å². The summed E-state index contributed by atoms with van der Waals surface area (Å²) >= 11 is 1.39. The Morgan fingerprint density at radius 3 is 2.90 bits per heavy atom. The normalized spacial score (nSPS) is 10.2. The van der Waals surface area contributed by atoms with Crippen molar-refractivity contribution in [3.63, 3.8) is 0 Å². The molecule has 106 valence electrons. The zero-order valence-corrected chi connectivity index (χ0v) is 12.5. The summed E-state index contributed by atoms with van der Waals surface area (Å²) in [6, 6.07) is 5.56. The van der Waals surface area contributed by atoms with Gasteiger partial charge in [0.25, 0.3) is 5.91 Å². The Morgan fingerprint density at radius 2 is 2.25 bits per heavy atom. The van der Waals surface area contributed by atoms with E-state index in [4.69, 9.17) is 4.74 Å². The van der Waals surface area contributed by atoms with E-state index in [1.165, 1.54) is 11.3 Å². The molecule has 6 heteroatoms. The van der Waals surface area contributed by atoms with Crippen LogP contribution in [0.3, 0.4) is 0 Å². The van der Waals surface area contributed by atoms with E-state index < -0.39 is 0 Å². The first kappa shape index (κ1) is 14.3. The molecule has 0 atom stereocenters. The summed E-state index contributed by atoms with van der Waals surface area (Å²) in [6.07, 6.45) is 1.68. The second-order valence-corrected chi connectivity index (χ2v) is 5.15. The van der Waals surface area contributed by atoms with E-state index in [1.54, 1.807) is 12.3 Å². The lowest BCUT2D eigenvalue weighted by Gasteiger charge is -2.11. The predicted molar refractivity (Wildman–Crippen MR) is 82.0 cm³/mol. The minimum Gasteiger partial charge on any atom is -0.493 e. The van der Waals surface area contributed by atoms with Gasteiger partial charge in [0.2, 0.25) is 0 Å². The lowest BCUT2D eigenvalue weighted by atomic mass is 10.1. The van der Waals surface area contributed by atoms with Gasteiger partial charge in [-0.2, -0.15) is 0 Å². The number of hydrogen-bond acceptors (Lipinski definition) is 5. The Bertz CT molecular complexity index is 610. The second kappa shape index (κ2) is 6.38. The Kier molecular flexibility index (Phi) is 4.57. The second-order valence-electron chi connectivity index (χ2n) is 4.11. The summed E-state index contributed by atoms with van der Waals surface area (Å²) in [4.78, 5) is 16.5. The van der Waals surface area contributed by atoms with E-state index in [9.17, 15) is 4.79 Å². The number of aromatic nitrogens is 1. The van der Waals surface area contributed by atoms with Gasteiger partial charge < -0.3 is 10.1 Å². The Balaban J connectivity index is 2.24. The minimum absolute atomic E-state index is 0.205. The molecule has 5 nitrogen and oxygen atoms in total. The largest absolute Gasteiger partial charge is 0.493 e. The highest BCUT2D eigenvalue weighted by Crippen LogP contribution is 2.26. The van der Waals surface area contributed by atoms with Crippen molar-refractivity contribution >= 4 is 27.4 Å². The highest BCUT2D eigenvalue weighted by molar-refractivity contribution is 7.19. The lowest BCUT2D eigenvalue weighted by molar-refractivity contribution is 0.102. The molecule has 0 fully saturated rings. The van der Waals surface area contributed by atoms with Crippen molar-refractivity contribution in [2.45, 2.75) is 13.8 Å². The van der Waals surface area contributed by atoms with Gasteiger partial charge in [-0.1, -0.05) is 23.5 Å². The summed E-state index contributed by atoms with van der Waals surface area (Å²) < 4.78 is 5.51. The molecule has 1 aromatic heterocycles. The first-order valence-corrected chi connectivity index (χ1v) is 7.14. The quantitative estimate of drug-likeness (QED) is 0.888. The number of nitrogens with one attached hydrogen (secondary N) is 2. The standard InChI is InChI=1S/C14H17N3O2S/c1-4-19-10-7-5-6-9(2)12(10)13(18)17-14-16-8-11(15-3)20-14/h5-8,15H,4H2,1-3H3,(H,16,17,18). The number of nitrogens with zero attached hydrogens (tertiary/aromatic N) is 1. The Labute approximate surface area is 122 Å². The number of benzene rings is 1. The Morgan fingerprint density at radius 1 is 1.45 bits per heavy atom. The maximum absolute atomic E-state index is 12.4. The molecule has 0 aliphatic rings. The molecule has 0 radical (unpaired) electrons. The molecule has 1 amide bonds. The molecule has 0 aliphatic heterocycles. The van der Waals surface area contributed by atoms with Crippen LogP contribution >= 0.6 is 11.3 Å². The molecular formula is C14H17N3O2S. The summed E-state index contributed by atoms with van der Waals surface area (Å²) in [5, 5.41) is 7.24. The molecular weight excluding hydrogens is 274 g/mol. The molecule has 0 spiro atoms. The van der Waals surface area contributed by atoms with Gasteiger partial charge in [0, 0.05) is 7.05 Å². The molecule has 0 aliphatic carbocycles. The van der Waals surface area contributed by atoms with Gasteiger partial charge in [-0.05, 0) is 25.5 Å². The summed E-state index contributed by atoms with van der Waals surface area (Å²) in [5.41, 5.74) is 1.43. The zero-order valence-electron chi connectivity index (χ0n) is 11.7. The number of carbonyl (C=O) groups excluding carboxylic acids is 1. The van der Waals surface area contributed by atoms with Crippen LogP contribution in [0.5, 0.6) is 5.75 Å². The van der Waals surface area contributed by atoms with Gasteiger partial charge in [-0.3, -0.25) is 10.1 Å². The average Bonchev–Trinajstić information content (AvgIpc) is 2.86. The third-order valence-corrected chi connectivity index (χ3v) is 3.66. The van der Waals surface area contributed by atoms with E-state index in [-0.39, 0.29) is 5.91 Å². The molecule has 1 aromatic carbocycles. The van der Waals surface area contributed by atoms with Crippen molar-refractivity contribution in [1.82, 2.24) is 4.98 Å². The number of thiazole rings is 1. The summed E-state index contributed by atoms with van der Waals surface area (Å²) in [5.74, 6) is 0.388. The number of hydrogen-bond donors (Lipinski definition) is 2. The van der Waals surface area contributed by atoms with Gasteiger partial charge in [-0.25, -0.2) is 4.98 Å². The van der Waals surface area contributed by atoms with Crippen molar-refractivity contribution in [2.75, 3.05) is 24.3 Å². The molecule has 2 N–H and O–H groups in total. The third kappa shape index (κ3) is 3.08. The molecule has 0 bridgehead atoms. The van der Waals surface area contributed by atoms with Crippen LogP contribution in [0.4, 0.5) is 10.1 Å². The van der Waals surface area contributed by atoms with Crippen molar-refractivity contribution < 1.29 is 9.53 Å². The number of aryl methyl sites for hydroxylation is 1. The molecule has 0 unspecified atom stereocenters. The van der Waals surface area contributed by atoms with Crippen molar-refractivity contribution in [2.24, 2.45) is 0 Å². The van der Waals surface area contributed by atoms with Crippen LogP contribution in [-0.4, -0.2) is 24.5 Å². The predicted octanol–water partition coefficient (Wildman–Crippen LogP) is 3.14. The topological polar surface area (TPSA) is 63.2 Å². The zero-order chi connectivity index (χ0) is 14.5. The minimum atomic E-state index is -0.205. The van der Waals surface area contributed by atoms with E-state index in [1.807, 2.05) is 33.0 Å². The number of anilines is 2. The molecule has 20 heavy (non-hydrogen) atoms. The molecule has 2 rings (SSSR count). The monoisotopic (exact) mass is 291 g/mol.